The van der Waals surface area contributed by atoms with E-state index in [1.807, 2.05) is 24.3 Å². The highest BCUT2D eigenvalue weighted by Crippen LogP contribution is 2.44. The molecule has 1 heterocycles. The van der Waals surface area contributed by atoms with E-state index in [4.69, 9.17) is 14.6 Å². The molecule has 0 bridgehead atoms. The highest BCUT2D eigenvalue weighted by Gasteiger charge is 2.39. The summed E-state index contributed by atoms with van der Waals surface area (Å²) in [7, 11) is 0. The minimum absolute atomic E-state index is 0.0537. The SMILES string of the molecule is O=C(O)CC1CN(C(=O)C(NC(=O)OCC2c3ccccc3-c3ccccc32)C2CCC2)CCO1. The minimum Gasteiger partial charge on any atom is -0.481 e. The molecule has 5 rings (SSSR count). The molecule has 8 heteroatoms. The quantitative estimate of drug-likeness (QED) is 0.632. The smallest absolute Gasteiger partial charge is 0.407 e. The van der Waals surface area contributed by atoms with Crippen molar-refractivity contribution in [3.8, 4) is 11.1 Å². The highest BCUT2D eigenvalue weighted by molar-refractivity contribution is 5.86. The zero-order valence-electron chi connectivity index (χ0n) is 19.5. The molecular formula is C27H30N2O6. The molecule has 184 valence electrons. The average Bonchev–Trinajstić information content (AvgIpc) is 3.14. The van der Waals surface area contributed by atoms with Gasteiger partial charge in [0.15, 0.2) is 0 Å². The predicted octanol–water partition coefficient (Wildman–Crippen LogP) is 3.40. The van der Waals surface area contributed by atoms with Crippen molar-refractivity contribution in [2.45, 2.75) is 43.7 Å². The topological polar surface area (TPSA) is 105 Å². The number of hydrogen-bond acceptors (Lipinski definition) is 5. The molecule has 2 aromatic carbocycles. The second-order valence-electron chi connectivity index (χ2n) is 9.51. The summed E-state index contributed by atoms with van der Waals surface area (Å²) in [6.45, 7) is 1.06. The van der Waals surface area contributed by atoms with Crippen molar-refractivity contribution in [3.05, 3.63) is 59.7 Å². The summed E-state index contributed by atoms with van der Waals surface area (Å²) in [6.07, 6.45) is 1.45. The molecule has 8 nitrogen and oxygen atoms in total. The Balaban J connectivity index is 1.24. The molecule has 1 aliphatic heterocycles. The molecule has 2 aromatic rings. The Hall–Kier alpha value is -3.39. The standard InChI is InChI=1S/C27H30N2O6/c30-24(31)14-18-15-29(12-13-34-18)26(32)25(17-6-5-7-17)28-27(33)35-16-23-21-10-3-1-8-19(21)20-9-2-4-11-22(20)23/h1-4,8-11,17-18,23,25H,5-7,12-16H2,(H,28,33)(H,30,31). The number of ether oxygens (including phenoxy) is 2. The molecule has 0 radical (unpaired) electrons. The van der Waals surface area contributed by atoms with Gasteiger partial charge in [0, 0.05) is 19.0 Å². The first kappa shape index (κ1) is 23.4. The van der Waals surface area contributed by atoms with Crippen molar-refractivity contribution in [1.82, 2.24) is 10.2 Å². The number of carbonyl (C=O) groups is 3. The van der Waals surface area contributed by atoms with Gasteiger partial charge < -0.3 is 24.8 Å². The molecule has 2 N–H and O–H groups in total. The van der Waals surface area contributed by atoms with Crippen molar-refractivity contribution in [1.29, 1.82) is 0 Å². The van der Waals surface area contributed by atoms with Crippen molar-refractivity contribution in [2.24, 2.45) is 5.92 Å². The maximum absolute atomic E-state index is 13.3. The van der Waals surface area contributed by atoms with Crippen LogP contribution in [-0.4, -0.2) is 66.4 Å². The third-order valence-electron chi connectivity index (χ3n) is 7.36. The van der Waals surface area contributed by atoms with Crippen LogP contribution in [0.25, 0.3) is 11.1 Å². The van der Waals surface area contributed by atoms with Gasteiger partial charge in [-0.15, -0.1) is 0 Å². The zero-order valence-corrected chi connectivity index (χ0v) is 19.5. The summed E-state index contributed by atoms with van der Waals surface area (Å²) in [5.74, 6) is -1.15. The molecule has 2 fully saturated rings. The molecule has 1 saturated carbocycles. The monoisotopic (exact) mass is 478 g/mol. The molecule has 2 unspecified atom stereocenters. The van der Waals surface area contributed by atoms with Crippen LogP contribution >= 0.6 is 0 Å². The fourth-order valence-corrected chi connectivity index (χ4v) is 5.36. The summed E-state index contributed by atoms with van der Waals surface area (Å²) in [5, 5.41) is 11.9. The first-order valence-electron chi connectivity index (χ1n) is 12.2. The zero-order chi connectivity index (χ0) is 24.4. The fraction of sp³-hybridized carbons (Fsp3) is 0.444. The number of carbonyl (C=O) groups excluding carboxylic acids is 2. The number of alkyl carbamates (subject to hydrolysis) is 1. The normalized spacial score (nSPS) is 20.3. The van der Waals surface area contributed by atoms with E-state index in [9.17, 15) is 14.4 Å². The van der Waals surface area contributed by atoms with Gasteiger partial charge in [-0.2, -0.15) is 0 Å². The van der Waals surface area contributed by atoms with E-state index in [2.05, 4.69) is 29.6 Å². The third-order valence-corrected chi connectivity index (χ3v) is 7.36. The van der Waals surface area contributed by atoms with E-state index in [0.29, 0.717) is 6.54 Å². The summed E-state index contributed by atoms with van der Waals surface area (Å²) in [6, 6.07) is 15.6. The number of benzene rings is 2. The molecule has 35 heavy (non-hydrogen) atoms. The Morgan fingerprint density at radius 1 is 1.06 bits per heavy atom. The maximum Gasteiger partial charge on any atom is 0.407 e. The number of nitrogens with zero attached hydrogens (tertiary/aromatic N) is 1. The lowest BCUT2D eigenvalue weighted by molar-refractivity contribution is -0.149. The number of fused-ring (bicyclic) bond motifs is 3. The Morgan fingerprint density at radius 3 is 2.31 bits per heavy atom. The molecule has 2 amide bonds. The second kappa shape index (κ2) is 10.1. The van der Waals surface area contributed by atoms with Crippen LogP contribution in [0.15, 0.2) is 48.5 Å². The van der Waals surface area contributed by atoms with E-state index in [1.165, 1.54) is 0 Å². The number of carboxylic acids is 1. The van der Waals surface area contributed by atoms with Gasteiger partial charge in [0.2, 0.25) is 5.91 Å². The summed E-state index contributed by atoms with van der Waals surface area (Å²) >= 11 is 0. The van der Waals surface area contributed by atoms with Gasteiger partial charge in [-0.1, -0.05) is 55.0 Å². The van der Waals surface area contributed by atoms with Crippen molar-refractivity contribution >= 4 is 18.0 Å². The van der Waals surface area contributed by atoms with E-state index < -0.39 is 24.2 Å². The first-order chi connectivity index (χ1) is 17.0. The molecule has 2 atom stereocenters. The first-order valence-corrected chi connectivity index (χ1v) is 12.2. The Bertz CT molecular complexity index is 1070. The maximum atomic E-state index is 13.3. The van der Waals surface area contributed by atoms with E-state index in [1.54, 1.807) is 4.90 Å². The summed E-state index contributed by atoms with van der Waals surface area (Å²) < 4.78 is 11.2. The van der Waals surface area contributed by atoms with Crippen LogP contribution in [0.1, 0.15) is 42.7 Å². The largest absolute Gasteiger partial charge is 0.481 e. The van der Waals surface area contributed by atoms with Gasteiger partial charge in [-0.05, 0) is 41.0 Å². The lowest BCUT2D eigenvalue weighted by Crippen LogP contribution is -2.57. The Kier molecular flexibility index (Phi) is 6.72. The van der Waals surface area contributed by atoms with Crippen LogP contribution in [0, 0.1) is 5.92 Å². The van der Waals surface area contributed by atoms with Crippen LogP contribution in [0.5, 0.6) is 0 Å². The van der Waals surface area contributed by atoms with E-state index >= 15 is 0 Å². The molecule has 1 saturated heterocycles. The fourth-order valence-electron chi connectivity index (χ4n) is 5.36. The number of morpholine rings is 1. The number of hydrogen-bond donors (Lipinski definition) is 2. The summed E-state index contributed by atoms with van der Waals surface area (Å²) in [5.41, 5.74) is 4.57. The van der Waals surface area contributed by atoms with Crippen LogP contribution in [-0.2, 0) is 19.1 Å². The van der Waals surface area contributed by atoms with E-state index in [-0.39, 0.29) is 43.9 Å². The average molecular weight is 479 g/mol. The van der Waals surface area contributed by atoms with Gasteiger partial charge in [-0.25, -0.2) is 4.79 Å². The Morgan fingerprint density at radius 2 is 1.71 bits per heavy atom. The number of nitrogens with one attached hydrogen (secondary N) is 1. The molecule has 0 spiro atoms. The minimum atomic E-state index is -0.961. The van der Waals surface area contributed by atoms with Gasteiger partial charge in [0.05, 0.1) is 19.1 Å². The Labute approximate surface area is 204 Å². The summed E-state index contributed by atoms with van der Waals surface area (Å²) in [4.78, 5) is 38.9. The lowest BCUT2D eigenvalue weighted by Gasteiger charge is -2.39. The van der Waals surface area contributed by atoms with Gasteiger partial charge in [0.25, 0.3) is 0 Å². The number of aliphatic carboxylic acids is 1. The van der Waals surface area contributed by atoms with Crippen molar-refractivity contribution in [2.75, 3.05) is 26.3 Å². The van der Waals surface area contributed by atoms with Gasteiger partial charge in [-0.3, -0.25) is 9.59 Å². The second-order valence-corrected chi connectivity index (χ2v) is 9.51. The lowest BCUT2D eigenvalue weighted by atomic mass is 9.79. The third kappa shape index (κ3) is 4.89. The van der Waals surface area contributed by atoms with Crippen LogP contribution in [0.2, 0.25) is 0 Å². The predicted molar refractivity (Wildman–Crippen MR) is 128 cm³/mol. The molecular weight excluding hydrogens is 448 g/mol. The van der Waals surface area contributed by atoms with Crippen LogP contribution < -0.4 is 5.32 Å². The molecule has 0 aromatic heterocycles. The van der Waals surface area contributed by atoms with Gasteiger partial charge in [0.1, 0.15) is 12.6 Å². The highest BCUT2D eigenvalue weighted by atomic mass is 16.5. The number of amides is 2. The van der Waals surface area contributed by atoms with E-state index in [0.717, 1.165) is 41.5 Å². The molecule has 2 aliphatic carbocycles. The van der Waals surface area contributed by atoms with Crippen LogP contribution in [0.4, 0.5) is 4.79 Å². The van der Waals surface area contributed by atoms with Crippen LogP contribution in [0.3, 0.4) is 0 Å². The number of carboxylic acid groups (broad SMARTS) is 1. The number of rotatable bonds is 7. The van der Waals surface area contributed by atoms with Gasteiger partial charge >= 0.3 is 12.1 Å². The molecule has 3 aliphatic rings. The van der Waals surface area contributed by atoms with Crippen molar-refractivity contribution < 1.29 is 29.0 Å². The van der Waals surface area contributed by atoms with Crippen molar-refractivity contribution in [3.63, 3.8) is 0 Å².